The fourth-order valence-corrected chi connectivity index (χ4v) is 1.05. The smallest absolute Gasteiger partial charge is 0.257 e. The van der Waals surface area contributed by atoms with Crippen LogP contribution in [0.2, 0.25) is 0 Å². The van der Waals surface area contributed by atoms with Gasteiger partial charge in [-0.05, 0) is 12.1 Å². The summed E-state index contributed by atoms with van der Waals surface area (Å²) in [7, 11) is 0. The summed E-state index contributed by atoms with van der Waals surface area (Å²) in [5.74, 6) is 0. The molecular weight excluding hydrogens is 128 g/mol. The SMILES string of the molecule is O=c1[nH]ccc2c1=CCN=2. The predicted molar refractivity (Wildman–Crippen MR) is 37.2 cm³/mol. The average Bonchev–Trinajstić information content (AvgIpc) is 2.36. The van der Waals surface area contributed by atoms with E-state index in [0.29, 0.717) is 11.8 Å². The van der Waals surface area contributed by atoms with Crippen molar-refractivity contribution in [2.75, 3.05) is 6.54 Å². The number of pyridine rings is 1. The van der Waals surface area contributed by atoms with Crippen LogP contribution in [-0.2, 0) is 0 Å². The number of hydrogen-bond donors (Lipinski definition) is 1. The van der Waals surface area contributed by atoms with Crippen molar-refractivity contribution in [1.29, 1.82) is 0 Å². The lowest BCUT2D eigenvalue weighted by atomic mass is 10.4. The predicted octanol–water partition coefficient (Wildman–Crippen LogP) is -1.21. The molecule has 2 rings (SSSR count). The largest absolute Gasteiger partial charge is 0.328 e. The summed E-state index contributed by atoms with van der Waals surface area (Å²) in [4.78, 5) is 17.6. The van der Waals surface area contributed by atoms with Crippen LogP contribution in [-0.4, -0.2) is 11.5 Å². The summed E-state index contributed by atoms with van der Waals surface area (Å²) in [6, 6.07) is 1.81. The molecule has 0 atom stereocenters. The average molecular weight is 134 g/mol. The summed E-state index contributed by atoms with van der Waals surface area (Å²) in [6.45, 7) is 0.641. The molecule has 1 N–H and O–H groups in total. The molecule has 0 aliphatic carbocycles. The number of hydrogen-bond acceptors (Lipinski definition) is 2. The number of aromatic nitrogens is 1. The van der Waals surface area contributed by atoms with Crippen LogP contribution in [0, 0.1) is 0 Å². The number of nitrogens with zero attached hydrogens (tertiary/aromatic N) is 1. The van der Waals surface area contributed by atoms with Gasteiger partial charge in [0.05, 0.1) is 17.1 Å². The lowest BCUT2D eigenvalue weighted by Crippen LogP contribution is -2.37. The molecule has 3 nitrogen and oxygen atoms in total. The fraction of sp³-hybridized carbons (Fsp3) is 0.143. The molecule has 0 bridgehead atoms. The maximum absolute atomic E-state index is 11.0. The molecule has 10 heavy (non-hydrogen) atoms. The van der Waals surface area contributed by atoms with Gasteiger partial charge in [-0.15, -0.1) is 0 Å². The second-order valence-corrected chi connectivity index (χ2v) is 2.15. The lowest BCUT2D eigenvalue weighted by Gasteiger charge is -1.79. The first-order chi connectivity index (χ1) is 4.88. The fourth-order valence-electron chi connectivity index (χ4n) is 1.05. The molecule has 1 aromatic rings. The Morgan fingerprint density at radius 1 is 1.60 bits per heavy atom. The first-order valence-electron chi connectivity index (χ1n) is 3.10. The molecule has 0 radical (unpaired) electrons. The lowest BCUT2D eigenvalue weighted by molar-refractivity contribution is 1.15. The van der Waals surface area contributed by atoms with Crippen LogP contribution in [0.3, 0.4) is 0 Å². The molecule has 0 saturated carbocycles. The van der Waals surface area contributed by atoms with Gasteiger partial charge in [-0.3, -0.25) is 9.79 Å². The quantitative estimate of drug-likeness (QED) is 0.475. The minimum absolute atomic E-state index is 0.0428. The minimum Gasteiger partial charge on any atom is -0.328 e. The van der Waals surface area contributed by atoms with Crippen molar-refractivity contribution in [3.63, 3.8) is 0 Å². The first-order valence-corrected chi connectivity index (χ1v) is 3.10. The van der Waals surface area contributed by atoms with Gasteiger partial charge in [-0.1, -0.05) is 0 Å². The van der Waals surface area contributed by atoms with Crippen LogP contribution in [0.4, 0.5) is 0 Å². The van der Waals surface area contributed by atoms with Crippen molar-refractivity contribution in [3.05, 3.63) is 33.2 Å². The Morgan fingerprint density at radius 3 is 3.30 bits per heavy atom. The van der Waals surface area contributed by atoms with Crippen LogP contribution in [0.25, 0.3) is 6.08 Å². The van der Waals surface area contributed by atoms with E-state index in [4.69, 9.17) is 0 Å². The van der Waals surface area contributed by atoms with Crippen LogP contribution in [0.15, 0.2) is 22.1 Å². The highest BCUT2D eigenvalue weighted by molar-refractivity contribution is 5.27. The molecule has 3 heteroatoms. The van der Waals surface area contributed by atoms with E-state index in [9.17, 15) is 4.79 Å². The number of H-pyrrole nitrogens is 1. The van der Waals surface area contributed by atoms with Crippen molar-refractivity contribution in [1.82, 2.24) is 4.98 Å². The minimum atomic E-state index is -0.0428. The molecule has 50 valence electrons. The van der Waals surface area contributed by atoms with E-state index in [1.165, 1.54) is 0 Å². The molecule has 0 saturated heterocycles. The van der Waals surface area contributed by atoms with E-state index < -0.39 is 0 Å². The molecule has 0 fully saturated rings. The van der Waals surface area contributed by atoms with Crippen molar-refractivity contribution in [2.24, 2.45) is 4.99 Å². The molecular formula is C7H6N2O. The number of rotatable bonds is 0. The van der Waals surface area contributed by atoms with Crippen LogP contribution >= 0.6 is 0 Å². The van der Waals surface area contributed by atoms with Gasteiger partial charge in [0.25, 0.3) is 5.56 Å². The van der Waals surface area contributed by atoms with Crippen LogP contribution in [0.5, 0.6) is 0 Å². The van der Waals surface area contributed by atoms with Crippen molar-refractivity contribution < 1.29 is 0 Å². The van der Waals surface area contributed by atoms with Crippen molar-refractivity contribution >= 4 is 6.08 Å². The summed E-state index contributed by atoms with van der Waals surface area (Å²) >= 11 is 0. The van der Waals surface area contributed by atoms with E-state index in [2.05, 4.69) is 9.98 Å². The second-order valence-electron chi connectivity index (χ2n) is 2.15. The number of nitrogens with one attached hydrogen (secondary N) is 1. The van der Waals surface area contributed by atoms with Crippen LogP contribution < -0.4 is 16.1 Å². The third-order valence-corrected chi connectivity index (χ3v) is 1.53. The Bertz CT molecular complexity index is 416. The van der Waals surface area contributed by atoms with Gasteiger partial charge in [0, 0.05) is 6.20 Å². The topological polar surface area (TPSA) is 45.2 Å². The zero-order chi connectivity index (χ0) is 6.97. The zero-order valence-corrected chi connectivity index (χ0v) is 5.29. The van der Waals surface area contributed by atoms with Crippen LogP contribution in [0.1, 0.15) is 0 Å². The van der Waals surface area contributed by atoms with Gasteiger partial charge < -0.3 is 4.98 Å². The van der Waals surface area contributed by atoms with Gasteiger partial charge in [-0.25, -0.2) is 0 Å². The van der Waals surface area contributed by atoms with Gasteiger partial charge in [0.1, 0.15) is 0 Å². The maximum Gasteiger partial charge on any atom is 0.257 e. The van der Waals surface area contributed by atoms with Gasteiger partial charge in [0.2, 0.25) is 0 Å². The highest BCUT2D eigenvalue weighted by Gasteiger charge is 1.95. The summed E-state index contributed by atoms with van der Waals surface area (Å²) < 4.78 is 0. The molecule has 0 spiro atoms. The molecule has 0 aromatic carbocycles. The molecule has 2 heterocycles. The summed E-state index contributed by atoms with van der Waals surface area (Å²) in [6.07, 6.45) is 3.44. The molecule has 1 aromatic heterocycles. The molecule has 0 unspecified atom stereocenters. The third kappa shape index (κ3) is 0.603. The van der Waals surface area contributed by atoms with E-state index >= 15 is 0 Å². The normalized spacial score (nSPS) is 13.6. The van der Waals surface area contributed by atoms with E-state index in [0.717, 1.165) is 5.36 Å². The Morgan fingerprint density at radius 2 is 2.50 bits per heavy atom. The molecule has 1 aliphatic heterocycles. The number of aromatic amines is 1. The highest BCUT2D eigenvalue weighted by Crippen LogP contribution is 1.72. The van der Waals surface area contributed by atoms with Gasteiger partial charge >= 0.3 is 0 Å². The Labute approximate surface area is 56.7 Å². The van der Waals surface area contributed by atoms with E-state index in [-0.39, 0.29) is 5.56 Å². The zero-order valence-electron chi connectivity index (χ0n) is 5.29. The first kappa shape index (κ1) is 5.41. The monoisotopic (exact) mass is 134 g/mol. The number of fused-ring (bicyclic) bond motifs is 1. The van der Waals surface area contributed by atoms with Gasteiger partial charge in [-0.2, -0.15) is 0 Å². The highest BCUT2D eigenvalue weighted by atomic mass is 16.1. The van der Waals surface area contributed by atoms with E-state index in [1.54, 1.807) is 12.3 Å². The molecule has 0 amide bonds. The van der Waals surface area contributed by atoms with Gasteiger partial charge in [0.15, 0.2) is 0 Å². The maximum atomic E-state index is 11.0. The standard InChI is InChI=1S/C7H6N2O/c10-7-5-1-3-8-6(5)2-4-9-7/h1-2,4H,3H2,(H,9,10). The van der Waals surface area contributed by atoms with Crippen molar-refractivity contribution in [2.45, 2.75) is 0 Å². The summed E-state index contributed by atoms with van der Waals surface area (Å²) in [5.41, 5.74) is -0.0428. The second kappa shape index (κ2) is 1.80. The Kier molecular flexibility index (Phi) is 0.974. The molecule has 1 aliphatic rings. The Balaban J connectivity index is 3.12. The van der Waals surface area contributed by atoms with E-state index in [1.807, 2.05) is 6.08 Å². The van der Waals surface area contributed by atoms with Crippen molar-refractivity contribution in [3.8, 4) is 0 Å². The Hall–Kier alpha value is -1.38. The third-order valence-electron chi connectivity index (χ3n) is 1.53. The summed E-state index contributed by atoms with van der Waals surface area (Å²) in [5, 5.41) is 1.52.